The van der Waals surface area contributed by atoms with Gasteiger partial charge < -0.3 is 43.7 Å². The number of carbonyl (C=O) groups is 6. The number of benzene rings is 2. The zero-order valence-corrected chi connectivity index (χ0v) is 44.0. The van der Waals surface area contributed by atoms with E-state index in [-0.39, 0.29) is 89.4 Å². The van der Waals surface area contributed by atoms with E-state index in [0.29, 0.717) is 78.5 Å². The molecule has 19 nitrogen and oxygen atoms in total. The van der Waals surface area contributed by atoms with Crippen LogP contribution in [0.5, 0.6) is 0 Å². The minimum absolute atomic E-state index is 0.000279. The number of amides is 3. The largest absolute Gasteiger partial charge is 0.459 e. The lowest BCUT2D eigenvalue weighted by molar-refractivity contribution is -0.158. The average Bonchev–Trinajstić information content (AvgIpc) is 3.27. The first-order valence-electron chi connectivity index (χ1n) is 24.9. The summed E-state index contributed by atoms with van der Waals surface area (Å²) in [6.07, 6.45) is -1.07. The Morgan fingerprint density at radius 3 is 1.04 bits per heavy atom. The van der Waals surface area contributed by atoms with Crippen molar-refractivity contribution >= 4 is 36.0 Å². The van der Waals surface area contributed by atoms with Crippen LogP contribution in [0.3, 0.4) is 0 Å². The van der Waals surface area contributed by atoms with Crippen molar-refractivity contribution in [3.8, 4) is 0 Å². The molecule has 0 atom stereocenters. The van der Waals surface area contributed by atoms with Crippen molar-refractivity contribution in [2.75, 3.05) is 131 Å². The molecule has 396 valence electrons. The molecule has 0 unspecified atom stereocenters. The Hall–Kier alpha value is -5.34. The first kappa shape index (κ1) is 58.2. The quantitative estimate of drug-likeness (QED) is 0.238. The normalized spacial score (nSPS) is 17.6. The minimum atomic E-state index is -0.693. The predicted molar refractivity (Wildman–Crippen MR) is 269 cm³/mol. The molecule has 0 aliphatic carbocycles. The monoisotopic (exact) mass is 995 g/mol. The molecule has 0 saturated carbocycles. The van der Waals surface area contributed by atoms with E-state index < -0.39 is 29.0 Å². The van der Waals surface area contributed by atoms with Crippen LogP contribution in [0.2, 0.25) is 0 Å². The van der Waals surface area contributed by atoms with Gasteiger partial charge in [0.2, 0.25) is 5.91 Å². The summed E-state index contributed by atoms with van der Waals surface area (Å²) >= 11 is 0. The molecule has 2 heterocycles. The van der Waals surface area contributed by atoms with Gasteiger partial charge in [0.15, 0.2) is 0 Å². The Labute approximate surface area is 421 Å². The highest BCUT2D eigenvalue weighted by Gasteiger charge is 2.28. The molecule has 1 N–H and O–H groups in total. The molecule has 2 aromatic carbocycles. The van der Waals surface area contributed by atoms with Crippen molar-refractivity contribution in [1.82, 2.24) is 39.6 Å². The average molecular weight is 995 g/mol. The molecular weight excluding hydrogens is 913 g/mol. The maximum atomic E-state index is 14.6. The molecule has 2 saturated heterocycles. The maximum absolute atomic E-state index is 14.6. The molecule has 0 aromatic heterocycles. The molecule has 2 aliphatic rings. The lowest BCUT2D eigenvalue weighted by atomic mass is 10.2. The molecule has 0 bridgehead atoms. The van der Waals surface area contributed by atoms with Crippen LogP contribution in [0, 0.1) is 0 Å². The Kier molecular flexibility index (Phi) is 23.5. The van der Waals surface area contributed by atoms with Crippen LogP contribution < -0.4 is 5.32 Å². The molecule has 2 aliphatic heterocycles. The highest BCUT2D eigenvalue weighted by Crippen LogP contribution is 2.13. The molecule has 3 amide bonds. The first-order chi connectivity index (χ1) is 33.5. The minimum Gasteiger partial charge on any atom is -0.459 e. The van der Waals surface area contributed by atoms with E-state index in [1.807, 2.05) is 143 Å². The van der Waals surface area contributed by atoms with Gasteiger partial charge in [-0.1, -0.05) is 60.7 Å². The molecule has 19 heteroatoms. The van der Waals surface area contributed by atoms with E-state index in [1.54, 1.807) is 9.80 Å². The molecular formula is C52H82N8O11. The standard InChI is InChI=1S/C52H82N8O11/c1-50(2,3)69-45(62)37-55-26-24-54(25-27-56(38-46(63)70-51(4,5)6)29-31-57(30-28-55)39-47(64)71-52(7,8)9)36-44(61)58-22-20-53-21-23-59(48(65)67-40-42-16-12-10-13-17-42)34-35-60(33-32-58)49(66)68-41-43-18-14-11-15-19-43/h10-19,53H,20-41H2,1-9H3. The molecule has 2 fully saturated rings. The predicted octanol–water partition coefficient (Wildman–Crippen LogP) is 3.94. The van der Waals surface area contributed by atoms with Crippen LogP contribution in [0.4, 0.5) is 9.59 Å². The van der Waals surface area contributed by atoms with Crippen LogP contribution >= 0.6 is 0 Å². The SMILES string of the molecule is CC(C)(C)OC(=O)CN1CCN(CC(=O)OC(C)(C)C)CCN(CC(=O)N2CCNCCN(C(=O)OCc3ccccc3)CCN(C(=O)OCc3ccccc3)CC2)CCN(CC(=O)OC(C)(C)C)CC1. The Bertz CT molecular complexity index is 1930. The summed E-state index contributed by atoms with van der Waals surface area (Å²) in [5.74, 6) is -1.32. The van der Waals surface area contributed by atoms with Gasteiger partial charge in [0, 0.05) is 105 Å². The van der Waals surface area contributed by atoms with E-state index in [1.165, 1.54) is 4.90 Å². The van der Waals surface area contributed by atoms with Gasteiger partial charge in [-0.2, -0.15) is 0 Å². The van der Waals surface area contributed by atoms with E-state index in [9.17, 15) is 28.8 Å². The second kappa shape index (κ2) is 28.6. The number of hydrogen-bond donors (Lipinski definition) is 1. The Morgan fingerprint density at radius 2 is 0.704 bits per heavy atom. The number of carbonyl (C=O) groups excluding carboxylic acids is 6. The first-order valence-corrected chi connectivity index (χ1v) is 24.9. The highest BCUT2D eigenvalue weighted by molar-refractivity contribution is 5.78. The van der Waals surface area contributed by atoms with E-state index in [0.717, 1.165) is 11.1 Å². The van der Waals surface area contributed by atoms with Crippen LogP contribution in [0.25, 0.3) is 0 Å². The van der Waals surface area contributed by atoms with Gasteiger partial charge >= 0.3 is 30.1 Å². The van der Waals surface area contributed by atoms with Crippen molar-refractivity contribution in [2.45, 2.75) is 92.3 Å². The third-order valence-electron chi connectivity index (χ3n) is 11.3. The van der Waals surface area contributed by atoms with Gasteiger partial charge in [0.25, 0.3) is 0 Å². The van der Waals surface area contributed by atoms with Crippen molar-refractivity contribution in [3.63, 3.8) is 0 Å². The zero-order chi connectivity index (χ0) is 52.0. The number of hydrogen-bond acceptors (Lipinski definition) is 16. The third-order valence-corrected chi connectivity index (χ3v) is 11.3. The summed E-state index contributed by atoms with van der Waals surface area (Å²) < 4.78 is 28.6. The van der Waals surface area contributed by atoms with E-state index in [4.69, 9.17) is 23.7 Å². The van der Waals surface area contributed by atoms with Crippen LogP contribution in [0.15, 0.2) is 60.7 Å². The summed E-state index contributed by atoms with van der Waals surface area (Å²) in [4.78, 5) is 94.2. The van der Waals surface area contributed by atoms with Crippen LogP contribution in [0.1, 0.15) is 73.4 Å². The topological polar surface area (TPSA) is 183 Å². The van der Waals surface area contributed by atoms with Gasteiger partial charge in [-0.25, -0.2) is 9.59 Å². The fraction of sp³-hybridized carbons (Fsp3) is 0.654. The Morgan fingerprint density at radius 1 is 0.408 bits per heavy atom. The molecule has 2 aromatic rings. The molecule has 0 spiro atoms. The van der Waals surface area contributed by atoms with Crippen LogP contribution in [-0.4, -0.2) is 218 Å². The lowest BCUT2D eigenvalue weighted by Crippen LogP contribution is -2.52. The maximum Gasteiger partial charge on any atom is 0.410 e. The fourth-order valence-corrected chi connectivity index (χ4v) is 7.78. The highest BCUT2D eigenvalue weighted by atomic mass is 16.6. The zero-order valence-electron chi connectivity index (χ0n) is 44.0. The summed E-state index contributed by atoms with van der Waals surface area (Å²) in [5.41, 5.74) is -0.381. The second-order valence-corrected chi connectivity index (χ2v) is 21.0. The summed E-state index contributed by atoms with van der Waals surface area (Å²) in [7, 11) is 0. The summed E-state index contributed by atoms with van der Waals surface area (Å²) in [6.45, 7) is 21.9. The third kappa shape index (κ3) is 24.6. The smallest absolute Gasteiger partial charge is 0.410 e. The molecule has 4 rings (SSSR count). The number of nitrogens with zero attached hydrogens (tertiary/aromatic N) is 7. The number of nitrogens with one attached hydrogen (secondary N) is 1. The fourth-order valence-electron chi connectivity index (χ4n) is 7.78. The van der Waals surface area contributed by atoms with Crippen LogP contribution in [-0.2, 0) is 56.1 Å². The lowest BCUT2D eigenvalue weighted by Gasteiger charge is -2.35. The number of rotatable bonds is 12. The van der Waals surface area contributed by atoms with E-state index in [2.05, 4.69) is 5.32 Å². The Balaban J connectivity index is 1.55. The van der Waals surface area contributed by atoms with Crippen molar-refractivity contribution in [1.29, 1.82) is 0 Å². The van der Waals surface area contributed by atoms with Gasteiger partial charge in [-0.05, 0) is 73.4 Å². The molecule has 0 radical (unpaired) electrons. The van der Waals surface area contributed by atoms with Crippen molar-refractivity contribution in [3.05, 3.63) is 71.8 Å². The summed E-state index contributed by atoms with van der Waals surface area (Å²) in [6, 6.07) is 18.8. The van der Waals surface area contributed by atoms with Gasteiger partial charge in [-0.15, -0.1) is 0 Å². The van der Waals surface area contributed by atoms with Gasteiger partial charge in [0.05, 0.1) is 26.2 Å². The summed E-state index contributed by atoms with van der Waals surface area (Å²) in [5, 5.41) is 3.38. The van der Waals surface area contributed by atoms with Gasteiger partial charge in [-0.3, -0.25) is 38.8 Å². The number of esters is 3. The van der Waals surface area contributed by atoms with Gasteiger partial charge in [0.1, 0.15) is 30.0 Å². The molecule has 71 heavy (non-hydrogen) atoms. The second-order valence-electron chi connectivity index (χ2n) is 21.0. The van der Waals surface area contributed by atoms with Crippen molar-refractivity contribution < 1.29 is 52.5 Å². The van der Waals surface area contributed by atoms with Crippen molar-refractivity contribution in [2.24, 2.45) is 0 Å². The van der Waals surface area contributed by atoms with E-state index >= 15 is 0 Å². The number of ether oxygens (including phenoxy) is 5.